The van der Waals surface area contributed by atoms with Crippen molar-refractivity contribution in [1.29, 1.82) is 5.26 Å². The molecular formula is C23H18N4O5. The molecule has 2 aromatic rings. The predicted octanol–water partition coefficient (Wildman–Crippen LogP) is 3.63. The largest absolute Gasteiger partial charge is 0.454 e. The number of nitro groups is 1. The first-order valence-electron chi connectivity index (χ1n) is 10.1. The highest BCUT2D eigenvalue weighted by molar-refractivity contribution is 6.01. The van der Waals surface area contributed by atoms with Crippen molar-refractivity contribution in [3.05, 3.63) is 80.8 Å². The van der Waals surface area contributed by atoms with Crippen LogP contribution in [-0.2, 0) is 4.79 Å². The number of ketones is 1. The number of rotatable bonds is 3. The number of Topliss-reactive ketones (excluding diaryl/α,β-unsaturated/α-hetero) is 1. The zero-order valence-electron chi connectivity index (χ0n) is 16.9. The molecule has 0 aromatic heterocycles. The van der Waals surface area contributed by atoms with Crippen LogP contribution >= 0.6 is 0 Å². The van der Waals surface area contributed by atoms with E-state index in [9.17, 15) is 20.2 Å². The Bertz CT molecular complexity index is 1270. The van der Waals surface area contributed by atoms with E-state index in [1.165, 1.54) is 11.0 Å². The Balaban J connectivity index is 1.75. The van der Waals surface area contributed by atoms with Crippen LogP contribution in [0.1, 0.15) is 30.7 Å². The van der Waals surface area contributed by atoms with Crippen LogP contribution in [0, 0.1) is 21.4 Å². The minimum absolute atomic E-state index is 0.0814. The predicted molar refractivity (Wildman–Crippen MR) is 114 cm³/mol. The molecule has 0 bridgehead atoms. The van der Waals surface area contributed by atoms with Crippen molar-refractivity contribution in [2.75, 3.05) is 11.7 Å². The molecular weight excluding hydrogens is 412 g/mol. The summed E-state index contributed by atoms with van der Waals surface area (Å²) in [6.07, 6.45) is 1.44. The maximum absolute atomic E-state index is 13.2. The molecule has 9 nitrogen and oxygen atoms in total. The summed E-state index contributed by atoms with van der Waals surface area (Å²) in [6, 6.07) is 13.6. The molecule has 1 aliphatic carbocycles. The van der Waals surface area contributed by atoms with Gasteiger partial charge >= 0.3 is 0 Å². The number of nitro benzene ring substituents is 1. The third kappa shape index (κ3) is 2.88. The van der Waals surface area contributed by atoms with E-state index in [0.717, 1.165) is 0 Å². The Morgan fingerprint density at radius 3 is 2.72 bits per heavy atom. The molecule has 0 saturated carbocycles. The van der Waals surface area contributed by atoms with E-state index in [-0.39, 0.29) is 35.3 Å². The summed E-state index contributed by atoms with van der Waals surface area (Å²) in [5, 5.41) is 21.8. The molecule has 1 atom stereocenters. The second-order valence-electron chi connectivity index (χ2n) is 7.67. The third-order valence-electron chi connectivity index (χ3n) is 5.96. The number of hydrogen-bond acceptors (Lipinski definition) is 8. The van der Waals surface area contributed by atoms with Crippen molar-refractivity contribution in [2.45, 2.75) is 25.2 Å². The van der Waals surface area contributed by atoms with Gasteiger partial charge in [0.1, 0.15) is 11.5 Å². The lowest BCUT2D eigenvalue weighted by molar-refractivity contribution is -0.384. The number of ether oxygens (including phenoxy) is 2. The first-order chi connectivity index (χ1) is 15.5. The Labute approximate surface area is 183 Å². The Morgan fingerprint density at radius 2 is 1.94 bits per heavy atom. The topological polar surface area (TPSA) is 132 Å². The lowest BCUT2D eigenvalue weighted by atomic mass is 9.75. The zero-order valence-corrected chi connectivity index (χ0v) is 16.9. The molecule has 32 heavy (non-hydrogen) atoms. The maximum Gasteiger partial charge on any atom is 0.293 e. The first-order valence-corrected chi connectivity index (χ1v) is 10.1. The van der Waals surface area contributed by atoms with Crippen LogP contribution < -0.4 is 20.1 Å². The van der Waals surface area contributed by atoms with Gasteiger partial charge in [-0.2, -0.15) is 5.26 Å². The fourth-order valence-electron chi connectivity index (χ4n) is 4.60. The quantitative estimate of drug-likeness (QED) is 0.577. The van der Waals surface area contributed by atoms with Crippen LogP contribution in [0.3, 0.4) is 0 Å². The highest BCUT2D eigenvalue weighted by Gasteiger charge is 2.42. The minimum atomic E-state index is -0.684. The monoisotopic (exact) mass is 430 g/mol. The van der Waals surface area contributed by atoms with E-state index in [2.05, 4.69) is 6.07 Å². The van der Waals surface area contributed by atoms with E-state index in [1.807, 2.05) is 0 Å². The molecule has 0 unspecified atom stereocenters. The average Bonchev–Trinajstić information content (AvgIpc) is 3.26. The van der Waals surface area contributed by atoms with E-state index >= 15 is 0 Å². The fraction of sp³-hybridized carbons (Fsp3) is 0.217. The van der Waals surface area contributed by atoms with E-state index in [0.29, 0.717) is 47.6 Å². The number of benzene rings is 2. The summed E-state index contributed by atoms with van der Waals surface area (Å²) in [5.41, 5.74) is 8.44. The number of nitrogens with two attached hydrogens (primary N) is 1. The fourth-order valence-corrected chi connectivity index (χ4v) is 4.60. The lowest BCUT2D eigenvalue weighted by Crippen LogP contribution is -2.39. The number of hydrogen-bond donors (Lipinski definition) is 1. The molecule has 0 fully saturated rings. The number of nitriles is 1. The number of fused-ring (bicyclic) bond motifs is 1. The summed E-state index contributed by atoms with van der Waals surface area (Å²) < 4.78 is 10.9. The molecule has 0 spiro atoms. The van der Waals surface area contributed by atoms with Gasteiger partial charge in [-0.3, -0.25) is 19.8 Å². The highest BCUT2D eigenvalue weighted by atomic mass is 16.7. The summed E-state index contributed by atoms with van der Waals surface area (Å²) in [4.78, 5) is 25.9. The zero-order chi connectivity index (χ0) is 22.4. The Kier molecular flexibility index (Phi) is 4.56. The van der Waals surface area contributed by atoms with Gasteiger partial charge in [0.2, 0.25) is 6.79 Å². The number of allylic oxidation sites excluding steroid dienone is 3. The van der Waals surface area contributed by atoms with Gasteiger partial charge in [-0.15, -0.1) is 0 Å². The maximum atomic E-state index is 13.2. The third-order valence-corrected chi connectivity index (χ3v) is 5.96. The van der Waals surface area contributed by atoms with Crippen molar-refractivity contribution in [3.63, 3.8) is 0 Å². The van der Waals surface area contributed by atoms with E-state index in [4.69, 9.17) is 15.2 Å². The SMILES string of the molecule is N#CC1=C(N)N(c2ccccc2[N+](=O)[O-])C2=C(C(=O)CCC2)[C@@H]1c1ccc2c(c1)OCO2. The normalized spacial score (nSPS) is 19.7. The van der Waals surface area contributed by atoms with Crippen molar-refractivity contribution in [2.24, 2.45) is 5.73 Å². The van der Waals surface area contributed by atoms with Crippen molar-refractivity contribution < 1.29 is 19.2 Å². The molecule has 0 radical (unpaired) electrons. The molecule has 3 aliphatic rings. The number of para-hydroxylation sites is 2. The van der Waals surface area contributed by atoms with Crippen LogP contribution in [0.2, 0.25) is 0 Å². The highest BCUT2D eigenvalue weighted by Crippen LogP contribution is 2.49. The van der Waals surface area contributed by atoms with Gasteiger partial charge in [0, 0.05) is 23.8 Å². The minimum Gasteiger partial charge on any atom is -0.454 e. The summed E-state index contributed by atoms with van der Waals surface area (Å²) in [6.45, 7) is 0.102. The Hall–Kier alpha value is -4.32. The number of nitrogens with zero attached hydrogens (tertiary/aromatic N) is 3. The smallest absolute Gasteiger partial charge is 0.293 e. The van der Waals surface area contributed by atoms with Gasteiger partial charge in [-0.05, 0) is 36.6 Å². The van der Waals surface area contributed by atoms with Gasteiger partial charge in [-0.1, -0.05) is 18.2 Å². The molecule has 160 valence electrons. The molecule has 2 aromatic carbocycles. The molecule has 0 amide bonds. The van der Waals surface area contributed by atoms with Gasteiger partial charge < -0.3 is 15.2 Å². The van der Waals surface area contributed by atoms with Crippen LogP contribution in [0.5, 0.6) is 11.5 Å². The summed E-state index contributed by atoms with van der Waals surface area (Å²) in [7, 11) is 0. The molecule has 2 heterocycles. The first kappa shape index (κ1) is 19.6. The average molecular weight is 430 g/mol. The van der Waals surface area contributed by atoms with Gasteiger partial charge in [0.15, 0.2) is 17.3 Å². The molecule has 5 rings (SSSR count). The van der Waals surface area contributed by atoms with Crippen LogP contribution in [0.15, 0.2) is 65.1 Å². The molecule has 2 N–H and O–H groups in total. The van der Waals surface area contributed by atoms with Gasteiger partial charge in [0.25, 0.3) is 5.69 Å². The number of carbonyl (C=O) groups is 1. The second kappa shape index (κ2) is 7.42. The van der Waals surface area contributed by atoms with E-state index in [1.54, 1.807) is 36.4 Å². The van der Waals surface area contributed by atoms with Crippen molar-refractivity contribution >= 4 is 17.2 Å². The molecule has 0 saturated heterocycles. The molecule has 2 aliphatic heterocycles. The van der Waals surface area contributed by atoms with Gasteiger partial charge in [-0.25, -0.2) is 0 Å². The standard InChI is InChI=1S/C23H18N4O5/c24-11-14-21(13-8-9-19-20(10-13)32-12-31-19)22-17(6-3-7-18(22)28)26(23(14)25)15-4-1-2-5-16(15)27(29)30/h1-2,4-5,8-10,21H,3,6-7,12,25H2/t21-/m1/s1. The second-order valence-corrected chi connectivity index (χ2v) is 7.67. The van der Waals surface area contributed by atoms with Crippen LogP contribution in [-0.4, -0.2) is 17.5 Å². The van der Waals surface area contributed by atoms with Gasteiger partial charge in [0.05, 0.1) is 22.5 Å². The van der Waals surface area contributed by atoms with E-state index < -0.39 is 10.8 Å². The van der Waals surface area contributed by atoms with Crippen molar-refractivity contribution in [1.82, 2.24) is 0 Å². The summed E-state index contributed by atoms with van der Waals surface area (Å²) in [5.74, 6) is 0.419. The molecule has 9 heteroatoms. The lowest BCUT2D eigenvalue weighted by Gasteiger charge is -2.39. The van der Waals surface area contributed by atoms with Crippen LogP contribution in [0.25, 0.3) is 0 Å². The number of anilines is 1. The van der Waals surface area contributed by atoms with Crippen molar-refractivity contribution in [3.8, 4) is 17.6 Å². The van der Waals surface area contributed by atoms with Crippen LogP contribution in [0.4, 0.5) is 11.4 Å². The summed E-state index contributed by atoms with van der Waals surface area (Å²) >= 11 is 0. The Morgan fingerprint density at radius 1 is 1.16 bits per heavy atom. The number of carbonyl (C=O) groups excluding carboxylic acids is 1.